The van der Waals surface area contributed by atoms with Crippen LogP contribution in [-0.4, -0.2) is 78.4 Å². The molecule has 1 aromatic carbocycles. The summed E-state index contributed by atoms with van der Waals surface area (Å²) in [6, 6.07) is 7.23. The number of anilines is 1. The van der Waals surface area contributed by atoms with Gasteiger partial charge in [0.15, 0.2) is 5.65 Å². The first-order chi connectivity index (χ1) is 17.7. The van der Waals surface area contributed by atoms with Crippen molar-refractivity contribution in [3.63, 3.8) is 0 Å². The van der Waals surface area contributed by atoms with E-state index in [9.17, 15) is 27.5 Å². The van der Waals surface area contributed by atoms with Gasteiger partial charge in [-0.15, -0.1) is 0 Å². The van der Waals surface area contributed by atoms with Gasteiger partial charge in [-0.05, 0) is 43.2 Å². The monoisotopic (exact) mass is 531 g/mol. The highest BCUT2D eigenvalue weighted by Gasteiger charge is 2.32. The summed E-state index contributed by atoms with van der Waals surface area (Å²) in [7, 11) is -2.91. The summed E-state index contributed by atoms with van der Waals surface area (Å²) in [6.07, 6.45) is 1.92. The molecule has 2 amide bonds. The quantitative estimate of drug-likeness (QED) is 0.436. The van der Waals surface area contributed by atoms with Crippen LogP contribution in [0.15, 0.2) is 30.3 Å². The van der Waals surface area contributed by atoms with Gasteiger partial charge in [-0.1, -0.05) is 6.42 Å². The number of halogens is 1. The van der Waals surface area contributed by atoms with Gasteiger partial charge in [-0.2, -0.15) is 13.5 Å². The van der Waals surface area contributed by atoms with E-state index >= 15 is 0 Å². The summed E-state index contributed by atoms with van der Waals surface area (Å²) in [5.74, 6) is -1.17. The fraction of sp³-hybridized carbons (Fsp3) is 0.391. The molecule has 0 radical (unpaired) electrons. The molecular weight excluding hydrogens is 505 g/mol. The Morgan fingerprint density at radius 2 is 1.78 bits per heavy atom. The number of rotatable bonds is 6. The first-order valence-electron chi connectivity index (χ1n) is 11.8. The molecule has 2 aliphatic rings. The Hall–Kier alpha value is -3.78. The highest BCUT2D eigenvalue weighted by Crippen LogP contribution is 2.42. The van der Waals surface area contributed by atoms with Crippen LogP contribution >= 0.6 is 0 Å². The second-order valence-electron chi connectivity index (χ2n) is 9.02. The summed E-state index contributed by atoms with van der Waals surface area (Å²) in [5.41, 5.74) is 2.14. The molecular formula is C23H26FN7O5S. The number of piperazine rings is 1. The van der Waals surface area contributed by atoms with Gasteiger partial charge < -0.3 is 14.9 Å². The number of amides is 2. The number of pyridine rings is 1. The molecule has 196 valence electrons. The molecule has 1 saturated heterocycles. The molecule has 2 fully saturated rings. The summed E-state index contributed by atoms with van der Waals surface area (Å²) in [4.78, 5) is 32.2. The lowest BCUT2D eigenvalue weighted by Gasteiger charge is -2.35. The smallest absolute Gasteiger partial charge is 0.407 e. The average Bonchev–Trinajstić information content (AvgIpc) is 3.21. The van der Waals surface area contributed by atoms with Gasteiger partial charge in [0.1, 0.15) is 11.5 Å². The number of aromatic nitrogens is 3. The van der Waals surface area contributed by atoms with Gasteiger partial charge in [0.25, 0.3) is 5.91 Å². The zero-order valence-electron chi connectivity index (χ0n) is 20.0. The molecule has 5 rings (SSSR count). The van der Waals surface area contributed by atoms with Crippen molar-refractivity contribution in [1.29, 1.82) is 0 Å². The summed E-state index contributed by atoms with van der Waals surface area (Å²) < 4.78 is 43.2. The minimum Gasteiger partial charge on any atom is -0.465 e. The van der Waals surface area contributed by atoms with Gasteiger partial charge in [-0.3, -0.25) is 4.79 Å². The van der Waals surface area contributed by atoms with Crippen LogP contribution < -0.4 is 14.3 Å². The topological polar surface area (TPSA) is 150 Å². The Bertz CT molecular complexity index is 1460. The van der Waals surface area contributed by atoms with Crippen LogP contribution in [0.3, 0.4) is 0 Å². The number of benzene rings is 1. The number of nitrogens with zero attached hydrogens (tertiary/aromatic N) is 5. The van der Waals surface area contributed by atoms with E-state index in [0.29, 0.717) is 35.5 Å². The Balaban J connectivity index is 1.69. The number of hydrogen-bond donors (Lipinski definition) is 3. The molecule has 3 aromatic rings. The van der Waals surface area contributed by atoms with Crippen molar-refractivity contribution in [2.75, 3.05) is 38.1 Å². The van der Waals surface area contributed by atoms with Crippen LogP contribution in [0.1, 0.15) is 41.4 Å². The third-order valence-electron chi connectivity index (χ3n) is 6.83. The number of carboxylic acid groups (broad SMARTS) is 1. The molecule has 1 aliphatic carbocycles. The van der Waals surface area contributed by atoms with Crippen LogP contribution in [0, 0.1) is 5.82 Å². The maximum Gasteiger partial charge on any atom is 0.407 e. The molecule has 2 aromatic heterocycles. The van der Waals surface area contributed by atoms with Crippen LogP contribution in [0.2, 0.25) is 0 Å². The summed E-state index contributed by atoms with van der Waals surface area (Å²) >= 11 is 0. The SMILES string of the molecule is CNS(=O)(=O)NC(=O)c1cc(N2CCN(C(=O)O)CC2)c2c(C3CCC3)nn(-c3ccc(F)cc3)c2n1. The largest absolute Gasteiger partial charge is 0.465 e. The maximum absolute atomic E-state index is 13.7. The van der Waals surface area contributed by atoms with Crippen molar-refractivity contribution in [1.82, 2.24) is 29.1 Å². The van der Waals surface area contributed by atoms with Gasteiger partial charge in [0.2, 0.25) is 0 Å². The average molecular weight is 532 g/mol. The first-order valence-corrected chi connectivity index (χ1v) is 13.3. The van der Waals surface area contributed by atoms with E-state index < -0.39 is 28.0 Å². The zero-order valence-corrected chi connectivity index (χ0v) is 20.8. The molecule has 37 heavy (non-hydrogen) atoms. The van der Waals surface area contributed by atoms with Crippen molar-refractivity contribution in [3.05, 3.63) is 47.5 Å². The number of nitrogens with one attached hydrogen (secondary N) is 2. The Kier molecular flexibility index (Phi) is 6.45. The van der Waals surface area contributed by atoms with E-state index in [1.807, 2.05) is 14.3 Å². The van der Waals surface area contributed by atoms with Crippen LogP contribution in [0.25, 0.3) is 16.7 Å². The number of fused-ring (bicyclic) bond motifs is 1. The van der Waals surface area contributed by atoms with E-state index in [2.05, 4.69) is 4.98 Å². The second-order valence-corrected chi connectivity index (χ2v) is 10.6. The van der Waals surface area contributed by atoms with Crippen LogP contribution in [0.4, 0.5) is 14.9 Å². The highest BCUT2D eigenvalue weighted by molar-refractivity contribution is 7.88. The van der Waals surface area contributed by atoms with Gasteiger partial charge in [0, 0.05) is 39.1 Å². The lowest BCUT2D eigenvalue weighted by molar-refractivity contribution is 0.0976. The van der Waals surface area contributed by atoms with Gasteiger partial charge in [-0.25, -0.2) is 28.3 Å². The fourth-order valence-corrected chi connectivity index (χ4v) is 5.03. The third-order valence-corrected chi connectivity index (χ3v) is 7.82. The molecule has 0 unspecified atom stereocenters. The Labute approximate surface area is 212 Å². The lowest BCUT2D eigenvalue weighted by Crippen LogP contribution is -2.48. The summed E-state index contributed by atoms with van der Waals surface area (Å²) in [5, 5.41) is 14.9. The van der Waals surface area contributed by atoms with E-state index in [4.69, 9.17) is 5.10 Å². The predicted octanol–water partition coefficient (Wildman–Crippen LogP) is 1.82. The molecule has 0 atom stereocenters. The lowest BCUT2D eigenvalue weighted by atomic mass is 9.82. The van der Waals surface area contributed by atoms with Gasteiger partial charge >= 0.3 is 16.3 Å². The van der Waals surface area contributed by atoms with Gasteiger partial charge in [0.05, 0.1) is 22.5 Å². The van der Waals surface area contributed by atoms with Crippen LogP contribution in [0.5, 0.6) is 0 Å². The van der Waals surface area contributed by atoms with E-state index in [-0.39, 0.29) is 24.7 Å². The molecule has 0 spiro atoms. The highest BCUT2D eigenvalue weighted by atomic mass is 32.2. The predicted molar refractivity (Wildman–Crippen MR) is 133 cm³/mol. The number of hydrogen-bond acceptors (Lipinski definition) is 7. The molecule has 12 nitrogen and oxygen atoms in total. The normalized spacial score (nSPS) is 16.6. The molecule has 14 heteroatoms. The van der Waals surface area contributed by atoms with E-state index in [1.54, 1.807) is 16.8 Å². The molecule has 3 heterocycles. The van der Waals surface area contributed by atoms with E-state index in [1.165, 1.54) is 30.1 Å². The molecule has 0 bridgehead atoms. The van der Waals surface area contributed by atoms with Crippen molar-refractivity contribution in [3.8, 4) is 5.69 Å². The molecule has 1 aliphatic heterocycles. The zero-order chi connectivity index (χ0) is 26.3. The minimum absolute atomic E-state index is 0.148. The maximum atomic E-state index is 13.7. The van der Waals surface area contributed by atoms with Crippen molar-refractivity contribution in [2.45, 2.75) is 25.2 Å². The number of carbonyl (C=O) groups excluding carboxylic acids is 1. The fourth-order valence-electron chi connectivity index (χ4n) is 4.58. The third kappa shape index (κ3) is 4.81. The molecule has 1 saturated carbocycles. The van der Waals surface area contributed by atoms with Crippen molar-refractivity contribution >= 4 is 38.9 Å². The van der Waals surface area contributed by atoms with Crippen molar-refractivity contribution < 1.29 is 27.5 Å². The Morgan fingerprint density at radius 1 is 1.11 bits per heavy atom. The van der Waals surface area contributed by atoms with Crippen molar-refractivity contribution in [2.24, 2.45) is 0 Å². The standard InChI is InChI=1S/C23H26FN7O5S/c1-25-37(35,36)28-22(32)17-13-18(29-9-11-30(12-10-29)23(33)34)19-20(14-3-2-4-14)27-31(21(19)26-17)16-7-5-15(24)6-8-16/h5-8,13-14,25H,2-4,9-12H2,1H3,(H,28,32)(H,33,34). The van der Waals surface area contributed by atoms with Crippen LogP contribution in [-0.2, 0) is 10.2 Å². The number of carbonyl (C=O) groups is 2. The second kappa shape index (κ2) is 9.59. The Morgan fingerprint density at radius 3 is 2.35 bits per heavy atom. The molecule has 3 N–H and O–H groups in total. The first kappa shape index (κ1) is 24.9. The minimum atomic E-state index is -4.08. The summed E-state index contributed by atoms with van der Waals surface area (Å²) in [6.45, 7) is 1.26. The van der Waals surface area contributed by atoms with E-state index in [0.717, 1.165) is 25.0 Å².